The van der Waals surface area contributed by atoms with Crippen molar-refractivity contribution < 1.29 is 4.74 Å². The molecule has 3 heteroatoms. The van der Waals surface area contributed by atoms with E-state index in [4.69, 9.17) is 4.74 Å². The topological polar surface area (TPSA) is 24.5 Å². The maximum Gasteiger partial charge on any atom is 0.124 e. The van der Waals surface area contributed by atoms with Crippen molar-refractivity contribution in [2.24, 2.45) is 0 Å². The molecule has 0 aromatic heterocycles. The van der Waals surface area contributed by atoms with E-state index in [0.717, 1.165) is 38.5 Å². The van der Waals surface area contributed by atoms with Crippen molar-refractivity contribution in [2.75, 3.05) is 33.3 Å². The predicted octanol–water partition coefficient (Wildman–Crippen LogP) is 1.72. The summed E-state index contributed by atoms with van der Waals surface area (Å²) in [6.07, 6.45) is 0. The third kappa shape index (κ3) is 2.79. The fourth-order valence-corrected chi connectivity index (χ4v) is 2.46. The van der Waals surface area contributed by atoms with Crippen LogP contribution in [0.1, 0.15) is 16.7 Å². The van der Waals surface area contributed by atoms with Crippen molar-refractivity contribution in [1.29, 1.82) is 0 Å². The molecule has 0 atom stereocenters. The van der Waals surface area contributed by atoms with Crippen molar-refractivity contribution in [3.63, 3.8) is 0 Å². The Morgan fingerprint density at radius 1 is 1.24 bits per heavy atom. The van der Waals surface area contributed by atoms with Crippen LogP contribution in [0.2, 0.25) is 0 Å². The number of nitrogens with one attached hydrogen (secondary N) is 1. The molecular weight excluding hydrogens is 212 g/mol. The van der Waals surface area contributed by atoms with Gasteiger partial charge < -0.3 is 10.1 Å². The van der Waals surface area contributed by atoms with Crippen LogP contribution < -0.4 is 10.1 Å². The fourth-order valence-electron chi connectivity index (χ4n) is 2.46. The minimum Gasteiger partial charge on any atom is -0.496 e. The van der Waals surface area contributed by atoms with Crippen LogP contribution in [0.4, 0.5) is 0 Å². The summed E-state index contributed by atoms with van der Waals surface area (Å²) < 4.78 is 5.47. The maximum atomic E-state index is 5.47. The van der Waals surface area contributed by atoms with Crippen LogP contribution in [0.5, 0.6) is 5.75 Å². The average molecular weight is 234 g/mol. The molecule has 3 nitrogen and oxygen atoms in total. The smallest absolute Gasteiger partial charge is 0.124 e. The lowest BCUT2D eigenvalue weighted by Crippen LogP contribution is -2.43. The van der Waals surface area contributed by atoms with Crippen molar-refractivity contribution >= 4 is 0 Å². The van der Waals surface area contributed by atoms with Crippen LogP contribution in [-0.2, 0) is 6.54 Å². The van der Waals surface area contributed by atoms with Gasteiger partial charge in [-0.25, -0.2) is 0 Å². The molecule has 0 spiro atoms. The number of nitrogens with zero attached hydrogens (tertiary/aromatic N) is 1. The minimum atomic E-state index is 1.03. The van der Waals surface area contributed by atoms with Crippen molar-refractivity contribution in [3.8, 4) is 5.75 Å². The van der Waals surface area contributed by atoms with Crippen LogP contribution >= 0.6 is 0 Å². The van der Waals surface area contributed by atoms with Gasteiger partial charge in [-0.2, -0.15) is 0 Å². The van der Waals surface area contributed by atoms with Crippen molar-refractivity contribution in [2.45, 2.75) is 20.4 Å². The number of methoxy groups -OCH3 is 1. The van der Waals surface area contributed by atoms with Gasteiger partial charge in [0.15, 0.2) is 0 Å². The van der Waals surface area contributed by atoms with E-state index in [2.05, 4.69) is 36.2 Å². The van der Waals surface area contributed by atoms with Crippen LogP contribution in [0, 0.1) is 13.8 Å². The van der Waals surface area contributed by atoms with Gasteiger partial charge in [-0.15, -0.1) is 0 Å². The highest BCUT2D eigenvalue weighted by Gasteiger charge is 2.13. The Morgan fingerprint density at radius 3 is 2.59 bits per heavy atom. The highest BCUT2D eigenvalue weighted by Crippen LogP contribution is 2.26. The zero-order valence-electron chi connectivity index (χ0n) is 11.0. The number of hydrogen-bond donors (Lipinski definition) is 1. The van der Waals surface area contributed by atoms with E-state index in [1.807, 2.05) is 0 Å². The summed E-state index contributed by atoms with van der Waals surface area (Å²) in [6, 6.07) is 4.39. The van der Waals surface area contributed by atoms with Gasteiger partial charge in [0.05, 0.1) is 7.11 Å². The number of benzene rings is 1. The first-order valence-electron chi connectivity index (χ1n) is 6.28. The van der Waals surface area contributed by atoms with Crippen LogP contribution in [0.15, 0.2) is 12.1 Å². The van der Waals surface area contributed by atoms with E-state index in [1.54, 1.807) is 7.11 Å². The molecule has 1 heterocycles. The fraction of sp³-hybridized carbons (Fsp3) is 0.571. The van der Waals surface area contributed by atoms with Gasteiger partial charge in [-0.1, -0.05) is 12.1 Å². The Bertz CT molecular complexity index is 384. The molecule has 94 valence electrons. The third-order valence-electron chi connectivity index (χ3n) is 3.52. The molecule has 0 saturated carbocycles. The summed E-state index contributed by atoms with van der Waals surface area (Å²) >= 11 is 0. The molecular formula is C14H22N2O. The second-order valence-corrected chi connectivity index (χ2v) is 4.73. The monoisotopic (exact) mass is 234 g/mol. The highest BCUT2D eigenvalue weighted by atomic mass is 16.5. The molecule has 0 radical (unpaired) electrons. The minimum absolute atomic E-state index is 1.03. The molecule has 0 bridgehead atoms. The number of aryl methyl sites for hydroxylation is 1. The molecule has 0 unspecified atom stereocenters. The van der Waals surface area contributed by atoms with Crippen LogP contribution in [0.25, 0.3) is 0 Å². The first-order chi connectivity index (χ1) is 8.22. The lowest BCUT2D eigenvalue weighted by molar-refractivity contribution is 0.232. The van der Waals surface area contributed by atoms with Gasteiger partial charge in [-0.05, 0) is 30.5 Å². The second-order valence-electron chi connectivity index (χ2n) is 4.73. The van der Waals surface area contributed by atoms with Gasteiger partial charge in [0.25, 0.3) is 0 Å². The van der Waals surface area contributed by atoms with E-state index < -0.39 is 0 Å². The molecule has 0 aliphatic carbocycles. The number of piperazine rings is 1. The van der Waals surface area contributed by atoms with E-state index in [9.17, 15) is 0 Å². The second kappa shape index (κ2) is 5.52. The zero-order chi connectivity index (χ0) is 12.3. The molecule has 0 amide bonds. The van der Waals surface area contributed by atoms with Crippen molar-refractivity contribution in [3.05, 3.63) is 28.8 Å². The van der Waals surface area contributed by atoms with Gasteiger partial charge in [-0.3, -0.25) is 4.90 Å². The Morgan fingerprint density at radius 2 is 1.94 bits per heavy atom. The Balaban J connectivity index is 2.15. The molecule has 1 fully saturated rings. The van der Waals surface area contributed by atoms with Gasteiger partial charge in [0, 0.05) is 32.7 Å². The Kier molecular flexibility index (Phi) is 4.02. The number of hydrogen-bond acceptors (Lipinski definition) is 3. The quantitative estimate of drug-likeness (QED) is 0.862. The molecule has 17 heavy (non-hydrogen) atoms. The number of rotatable bonds is 3. The van der Waals surface area contributed by atoms with Gasteiger partial charge in [0.1, 0.15) is 5.75 Å². The van der Waals surface area contributed by atoms with Gasteiger partial charge in [0.2, 0.25) is 0 Å². The lowest BCUT2D eigenvalue weighted by atomic mass is 10.0. The van der Waals surface area contributed by atoms with Crippen LogP contribution in [-0.4, -0.2) is 38.2 Å². The maximum absolute atomic E-state index is 5.47. The molecule has 1 saturated heterocycles. The molecule has 1 aliphatic heterocycles. The summed E-state index contributed by atoms with van der Waals surface area (Å²) in [6.45, 7) is 9.75. The Labute approximate surface area is 104 Å². The lowest BCUT2D eigenvalue weighted by Gasteiger charge is -2.28. The van der Waals surface area contributed by atoms with E-state index in [1.165, 1.54) is 16.7 Å². The zero-order valence-corrected chi connectivity index (χ0v) is 11.0. The first kappa shape index (κ1) is 12.4. The number of ether oxygens (including phenoxy) is 1. The largest absolute Gasteiger partial charge is 0.496 e. The van der Waals surface area contributed by atoms with E-state index in [-0.39, 0.29) is 0 Å². The van der Waals surface area contributed by atoms with Crippen molar-refractivity contribution in [1.82, 2.24) is 10.2 Å². The first-order valence-corrected chi connectivity index (χ1v) is 6.28. The average Bonchev–Trinajstić information content (AvgIpc) is 2.35. The summed E-state index contributed by atoms with van der Waals surface area (Å²) in [5.74, 6) is 1.04. The summed E-state index contributed by atoms with van der Waals surface area (Å²) in [5, 5.41) is 3.38. The Hall–Kier alpha value is -1.06. The normalized spacial score (nSPS) is 17.1. The molecule has 1 aliphatic rings. The molecule has 1 N–H and O–H groups in total. The SMILES string of the molecule is COc1c(C)ccc(CN2CCNCC2)c1C. The molecule has 1 aromatic rings. The van der Waals surface area contributed by atoms with E-state index >= 15 is 0 Å². The standard InChI is InChI=1S/C14H22N2O/c1-11-4-5-13(12(2)14(11)17-3)10-16-8-6-15-7-9-16/h4-5,15H,6-10H2,1-3H3. The summed E-state index contributed by atoms with van der Waals surface area (Å²) in [5.41, 5.74) is 3.88. The molecule has 1 aromatic carbocycles. The van der Waals surface area contributed by atoms with Gasteiger partial charge >= 0.3 is 0 Å². The molecule has 2 rings (SSSR count). The van der Waals surface area contributed by atoms with E-state index in [0.29, 0.717) is 0 Å². The summed E-state index contributed by atoms with van der Waals surface area (Å²) in [4.78, 5) is 2.49. The summed E-state index contributed by atoms with van der Waals surface area (Å²) in [7, 11) is 1.75. The third-order valence-corrected chi connectivity index (χ3v) is 3.52. The predicted molar refractivity (Wildman–Crippen MR) is 70.6 cm³/mol. The van der Waals surface area contributed by atoms with Crippen LogP contribution in [0.3, 0.4) is 0 Å². The highest BCUT2D eigenvalue weighted by molar-refractivity contribution is 5.45.